The normalized spacial score (nSPS) is 12.5. The molecule has 0 radical (unpaired) electrons. The second kappa shape index (κ2) is 4.81. The Morgan fingerprint density at radius 2 is 2.27 bits per heavy atom. The van der Waals surface area contributed by atoms with Crippen molar-refractivity contribution >= 4 is 5.69 Å². The molecular formula is C9H11FN2O3. The molecule has 3 N–H and O–H groups in total. The quantitative estimate of drug-likeness (QED) is 0.580. The molecule has 0 aliphatic carbocycles. The van der Waals surface area contributed by atoms with E-state index in [1.165, 1.54) is 6.07 Å². The van der Waals surface area contributed by atoms with Crippen LogP contribution in [-0.4, -0.2) is 16.6 Å². The van der Waals surface area contributed by atoms with E-state index in [1.807, 2.05) is 0 Å². The van der Waals surface area contributed by atoms with Crippen molar-refractivity contribution in [2.45, 2.75) is 12.5 Å². The zero-order valence-electron chi connectivity index (χ0n) is 7.89. The number of nitrogens with two attached hydrogens (primary N) is 1. The molecule has 0 aliphatic heterocycles. The van der Waals surface area contributed by atoms with Gasteiger partial charge in [-0.05, 0) is 19.0 Å². The van der Waals surface area contributed by atoms with Crippen molar-refractivity contribution in [1.29, 1.82) is 0 Å². The van der Waals surface area contributed by atoms with E-state index in [0.717, 1.165) is 12.1 Å². The van der Waals surface area contributed by atoms with E-state index in [2.05, 4.69) is 0 Å². The van der Waals surface area contributed by atoms with Crippen LogP contribution < -0.4 is 5.73 Å². The molecule has 0 saturated heterocycles. The van der Waals surface area contributed by atoms with Crippen LogP contribution in [-0.2, 0) is 0 Å². The number of nitro groups is 1. The van der Waals surface area contributed by atoms with Gasteiger partial charge in [0.05, 0.1) is 16.6 Å². The summed E-state index contributed by atoms with van der Waals surface area (Å²) in [6.45, 7) is 0.132. The number of aliphatic hydroxyl groups is 1. The third-order valence-corrected chi connectivity index (χ3v) is 2.00. The van der Waals surface area contributed by atoms with Gasteiger partial charge in [-0.15, -0.1) is 0 Å². The topological polar surface area (TPSA) is 89.4 Å². The van der Waals surface area contributed by atoms with Crippen LogP contribution in [0.1, 0.15) is 18.1 Å². The molecule has 0 fully saturated rings. The average molecular weight is 214 g/mol. The largest absolute Gasteiger partial charge is 0.388 e. The van der Waals surface area contributed by atoms with E-state index in [9.17, 15) is 19.6 Å². The number of benzene rings is 1. The number of nitrogens with zero attached hydrogens (tertiary/aromatic N) is 1. The van der Waals surface area contributed by atoms with Crippen LogP contribution >= 0.6 is 0 Å². The van der Waals surface area contributed by atoms with Gasteiger partial charge in [-0.25, -0.2) is 4.39 Å². The Labute approximate surface area is 85.5 Å². The Hall–Kier alpha value is -1.53. The highest BCUT2D eigenvalue weighted by molar-refractivity contribution is 5.42. The summed E-state index contributed by atoms with van der Waals surface area (Å²) in [6, 6.07) is 3.45. The van der Waals surface area contributed by atoms with Gasteiger partial charge in [0.1, 0.15) is 5.82 Å². The molecule has 0 aromatic heterocycles. The molecule has 1 rings (SSSR count). The number of hydrogen-bond donors (Lipinski definition) is 2. The molecule has 0 spiro atoms. The lowest BCUT2D eigenvalue weighted by atomic mass is 10.0. The molecule has 0 amide bonds. The van der Waals surface area contributed by atoms with E-state index in [4.69, 9.17) is 5.73 Å². The number of aliphatic hydroxyl groups excluding tert-OH is 1. The van der Waals surface area contributed by atoms with Crippen molar-refractivity contribution in [2.24, 2.45) is 5.73 Å². The lowest BCUT2D eigenvalue weighted by Crippen LogP contribution is -2.10. The van der Waals surface area contributed by atoms with Gasteiger partial charge in [-0.2, -0.15) is 0 Å². The predicted molar refractivity (Wildman–Crippen MR) is 51.7 cm³/mol. The van der Waals surface area contributed by atoms with Crippen LogP contribution in [0, 0.1) is 15.9 Å². The van der Waals surface area contributed by atoms with Crippen LogP contribution in [0.2, 0.25) is 0 Å². The minimum absolute atomic E-state index is 0.0851. The molecule has 0 aliphatic rings. The molecule has 5 nitrogen and oxygen atoms in total. The number of rotatable bonds is 4. The lowest BCUT2D eigenvalue weighted by molar-refractivity contribution is -0.386. The summed E-state index contributed by atoms with van der Waals surface area (Å²) in [4.78, 5) is 9.86. The summed E-state index contributed by atoms with van der Waals surface area (Å²) >= 11 is 0. The zero-order chi connectivity index (χ0) is 11.4. The molecule has 15 heavy (non-hydrogen) atoms. The van der Waals surface area contributed by atoms with E-state index < -0.39 is 22.5 Å². The van der Waals surface area contributed by atoms with Gasteiger partial charge in [0.25, 0.3) is 5.69 Å². The molecule has 82 valence electrons. The Bertz CT molecular complexity index is 370. The van der Waals surface area contributed by atoms with Crippen molar-refractivity contribution < 1.29 is 14.4 Å². The minimum Gasteiger partial charge on any atom is -0.388 e. The average Bonchev–Trinajstić information content (AvgIpc) is 2.17. The third-order valence-electron chi connectivity index (χ3n) is 2.00. The first-order chi connectivity index (χ1) is 7.07. The van der Waals surface area contributed by atoms with Crippen LogP contribution in [0.4, 0.5) is 10.1 Å². The van der Waals surface area contributed by atoms with Gasteiger partial charge in [0, 0.05) is 6.07 Å². The van der Waals surface area contributed by atoms with Crippen molar-refractivity contribution in [3.63, 3.8) is 0 Å². The van der Waals surface area contributed by atoms with Crippen LogP contribution in [0.25, 0.3) is 0 Å². The molecule has 1 aromatic carbocycles. The van der Waals surface area contributed by atoms with Gasteiger partial charge >= 0.3 is 0 Å². The first-order valence-corrected chi connectivity index (χ1v) is 4.39. The van der Waals surface area contributed by atoms with E-state index in [-0.39, 0.29) is 18.5 Å². The number of nitro benzene ring substituents is 1. The second-order valence-corrected chi connectivity index (χ2v) is 3.02. The molecule has 1 atom stereocenters. The highest BCUT2D eigenvalue weighted by Gasteiger charge is 2.23. The van der Waals surface area contributed by atoms with Crippen molar-refractivity contribution in [1.82, 2.24) is 0 Å². The first-order valence-electron chi connectivity index (χ1n) is 4.39. The van der Waals surface area contributed by atoms with Crippen molar-refractivity contribution in [2.75, 3.05) is 6.54 Å². The van der Waals surface area contributed by atoms with Gasteiger partial charge in [0.2, 0.25) is 0 Å². The fourth-order valence-electron chi connectivity index (χ4n) is 1.32. The Morgan fingerprint density at radius 1 is 1.60 bits per heavy atom. The summed E-state index contributed by atoms with van der Waals surface area (Å²) in [5.41, 5.74) is 4.47. The van der Waals surface area contributed by atoms with Crippen LogP contribution in [0.3, 0.4) is 0 Å². The fourth-order valence-corrected chi connectivity index (χ4v) is 1.32. The number of halogens is 1. The summed E-state index contributed by atoms with van der Waals surface area (Å²) in [5.74, 6) is -0.787. The smallest absolute Gasteiger partial charge is 0.278 e. The van der Waals surface area contributed by atoms with E-state index >= 15 is 0 Å². The van der Waals surface area contributed by atoms with Crippen LogP contribution in [0.5, 0.6) is 0 Å². The zero-order valence-corrected chi connectivity index (χ0v) is 7.89. The third kappa shape index (κ3) is 2.48. The molecular weight excluding hydrogens is 203 g/mol. The highest BCUT2D eigenvalue weighted by Crippen LogP contribution is 2.29. The Balaban J connectivity index is 3.18. The maximum atomic E-state index is 13.3. The standard InChI is InChI=1S/C9H11FN2O3/c10-6-2-1-3-7(12(14)15)9(6)8(13)4-5-11/h1-3,8,13H,4-5,11H2/t8-/m0/s1. The Kier molecular flexibility index (Phi) is 3.70. The maximum absolute atomic E-state index is 13.3. The fraction of sp³-hybridized carbons (Fsp3) is 0.333. The molecule has 0 bridgehead atoms. The summed E-state index contributed by atoms with van der Waals surface area (Å²) in [7, 11) is 0. The van der Waals surface area contributed by atoms with Gasteiger partial charge in [0.15, 0.2) is 0 Å². The molecule has 1 aromatic rings. The minimum atomic E-state index is -1.24. The molecule has 0 saturated carbocycles. The molecule has 6 heteroatoms. The van der Waals surface area contributed by atoms with Gasteiger partial charge < -0.3 is 10.8 Å². The molecule has 0 heterocycles. The summed E-state index contributed by atoms with van der Waals surface area (Å²) < 4.78 is 13.3. The SMILES string of the molecule is NCC[C@H](O)c1c(F)cccc1[N+](=O)[O-]. The first kappa shape index (κ1) is 11.5. The van der Waals surface area contributed by atoms with Crippen molar-refractivity contribution in [3.05, 3.63) is 39.7 Å². The van der Waals surface area contributed by atoms with Crippen LogP contribution in [0.15, 0.2) is 18.2 Å². The molecule has 0 unspecified atom stereocenters. The number of hydrogen-bond acceptors (Lipinski definition) is 4. The highest BCUT2D eigenvalue weighted by atomic mass is 19.1. The van der Waals surface area contributed by atoms with Gasteiger partial charge in [-0.3, -0.25) is 10.1 Å². The lowest BCUT2D eigenvalue weighted by Gasteiger charge is -2.10. The monoisotopic (exact) mass is 214 g/mol. The van der Waals surface area contributed by atoms with E-state index in [1.54, 1.807) is 0 Å². The maximum Gasteiger partial charge on any atom is 0.278 e. The summed E-state index contributed by atoms with van der Waals surface area (Å²) in [6.07, 6.45) is -1.15. The second-order valence-electron chi connectivity index (χ2n) is 3.02. The van der Waals surface area contributed by atoms with Gasteiger partial charge in [-0.1, -0.05) is 6.07 Å². The predicted octanol–water partition coefficient (Wildman–Crippen LogP) is 1.12. The summed E-state index contributed by atoms with van der Waals surface area (Å²) in [5, 5.41) is 20.1. The Morgan fingerprint density at radius 3 is 2.80 bits per heavy atom. The van der Waals surface area contributed by atoms with Crippen molar-refractivity contribution in [3.8, 4) is 0 Å². The van der Waals surface area contributed by atoms with E-state index in [0.29, 0.717) is 0 Å².